The van der Waals surface area contributed by atoms with Crippen LogP contribution in [0.5, 0.6) is 11.5 Å². The van der Waals surface area contributed by atoms with Gasteiger partial charge in [0, 0.05) is 14.5 Å². The van der Waals surface area contributed by atoms with Crippen molar-refractivity contribution in [3.8, 4) is 11.5 Å². The predicted molar refractivity (Wildman–Crippen MR) is 83.8 cm³/mol. The second kappa shape index (κ2) is 6.19. The van der Waals surface area contributed by atoms with Crippen LogP contribution >= 0.6 is 43.6 Å². The van der Waals surface area contributed by atoms with Gasteiger partial charge in [0.1, 0.15) is 0 Å². The highest BCUT2D eigenvalue weighted by atomic mass is 79.9. The van der Waals surface area contributed by atoms with Gasteiger partial charge >= 0.3 is 0 Å². The van der Waals surface area contributed by atoms with Crippen molar-refractivity contribution < 1.29 is 19.4 Å². The molecule has 1 aromatic rings. The third-order valence-electron chi connectivity index (χ3n) is 2.41. The van der Waals surface area contributed by atoms with Gasteiger partial charge in [-0.05, 0) is 62.7 Å². The van der Waals surface area contributed by atoms with Gasteiger partial charge in [0.05, 0.1) is 11.5 Å². The van der Waals surface area contributed by atoms with E-state index in [0.29, 0.717) is 26.9 Å². The van der Waals surface area contributed by atoms with Crippen molar-refractivity contribution in [1.82, 2.24) is 5.32 Å². The van der Waals surface area contributed by atoms with E-state index in [9.17, 15) is 14.7 Å². The zero-order chi connectivity index (χ0) is 14.9. The van der Waals surface area contributed by atoms with Crippen LogP contribution < -0.4 is 10.1 Å². The number of benzene rings is 1. The Balaban J connectivity index is 2.53. The first-order valence-electron chi connectivity index (χ1n) is 5.52. The van der Waals surface area contributed by atoms with E-state index in [1.165, 1.54) is 6.08 Å². The number of imide groups is 1. The van der Waals surface area contributed by atoms with Gasteiger partial charge in [-0.1, -0.05) is 0 Å². The molecule has 1 aliphatic heterocycles. The van der Waals surface area contributed by atoms with E-state index >= 15 is 0 Å². The molecule has 1 aromatic carbocycles. The first kappa shape index (κ1) is 15.4. The highest BCUT2D eigenvalue weighted by molar-refractivity contribution is 9.13. The largest absolute Gasteiger partial charge is 0.504 e. The number of hydrogen-bond donors (Lipinski definition) is 2. The Bertz CT molecular complexity index is 630. The lowest BCUT2D eigenvalue weighted by Gasteiger charge is -2.11. The lowest BCUT2D eigenvalue weighted by atomic mass is 10.1. The summed E-state index contributed by atoms with van der Waals surface area (Å²) in [6, 6.07) is 1.62. The fourth-order valence-electron chi connectivity index (χ4n) is 1.56. The summed E-state index contributed by atoms with van der Waals surface area (Å²) in [5.41, 5.74) is 0.371. The molecule has 106 valence electrons. The zero-order valence-electron chi connectivity index (χ0n) is 10.2. The molecule has 20 heavy (non-hydrogen) atoms. The Morgan fingerprint density at radius 2 is 2.15 bits per heavy atom. The van der Waals surface area contributed by atoms with E-state index < -0.39 is 11.1 Å². The van der Waals surface area contributed by atoms with Crippen molar-refractivity contribution >= 4 is 60.8 Å². The maximum Gasteiger partial charge on any atom is 0.290 e. The van der Waals surface area contributed by atoms with Crippen LogP contribution in [0.15, 0.2) is 19.9 Å². The minimum atomic E-state index is -0.482. The molecule has 2 N–H and O–H groups in total. The minimum Gasteiger partial charge on any atom is -0.504 e. The SMILES string of the molecule is CCOc1cc(Br)c(Br)c(/C=C2\SC(=O)NC2=O)c1O. The number of amides is 2. The number of nitrogens with one attached hydrogen (secondary N) is 1. The number of halogens is 2. The molecule has 1 aliphatic rings. The van der Waals surface area contributed by atoms with Gasteiger partial charge in [0.25, 0.3) is 11.1 Å². The fraction of sp³-hybridized carbons (Fsp3) is 0.167. The normalized spacial score (nSPS) is 16.6. The van der Waals surface area contributed by atoms with Crippen molar-refractivity contribution in [3.63, 3.8) is 0 Å². The van der Waals surface area contributed by atoms with E-state index in [-0.39, 0.29) is 10.7 Å². The standard InChI is InChI=1S/C12H9Br2NO4S/c1-2-19-7-4-6(13)9(14)5(10(7)16)3-8-11(17)15-12(18)20-8/h3-4,16H,2H2,1H3,(H,15,17,18)/b8-3-. The van der Waals surface area contributed by atoms with Crippen LogP contribution in [0.4, 0.5) is 4.79 Å². The van der Waals surface area contributed by atoms with E-state index in [2.05, 4.69) is 37.2 Å². The molecule has 0 aromatic heterocycles. The molecule has 0 atom stereocenters. The Morgan fingerprint density at radius 3 is 2.70 bits per heavy atom. The molecule has 0 radical (unpaired) electrons. The molecule has 1 saturated heterocycles. The molecule has 0 spiro atoms. The number of phenolic OH excluding ortho intramolecular Hbond substituents is 1. The van der Waals surface area contributed by atoms with Crippen LogP contribution in [-0.2, 0) is 4.79 Å². The maximum absolute atomic E-state index is 11.5. The van der Waals surface area contributed by atoms with Crippen molar-refractivity contribution in [2.24, 2.45) is 0 Å². The van der Waals surface area contributed by atoms with Crippen LogP contribution in [0, 0.1) is 0 Å². The second-order valence-electron chi connectivity index (χ2n) is 3.72. The summed E-state index contributed by atoms with van der Waals surface area (Å²) in [7, 11) is 0. The summed E-state index contributed by atoms with van der Waals surface area (Å²) >= 11 is 7.45. The maximum atomic E-state index is 11.5. The van der Waals surface area contributed by atoms with E-state index in [1.807, 2.05) is 0 Å². The summed E-state index contributed by atoms with van der Waals surface area (Å²) in [6.07, 6.45) is 1.44. The summed E-state index contributed by atoms with van der Waals surface area (Å²) in [5, 5.41) is 11.9. The third kappa shape index (κ3) is 3.02. The number of carbonyl (C=O) groups excluding carboxylic acids is 2. The minimum absolute atomic E-state index is 0.0952. The Kier molecular flexibility index (Phi) is 4.77. The van der Waals surface area contributed by atoms with Gasteiger partial charge in [-0.2, -0.15) is 0 Å². The van der Waals surface area contributed by atoms with Gasteiger partial charge < -0.3 is 9.84 Å². The molecule has 0 saturated carbocycles. The summed E-state index contributed by atoms with van der Waals surface area (Å²) < 4.78 is 6.56. The van der Waals surface area contributed by atoms with Gasteiger partial charge in [-0.15, -0.1) is 0 Å². The van der Waals surface area contributed by atoms with Crippen LogP contribution in [0.3, 0.4) is 0 Å². The monoisotopic (exact) mass is 421 g/mol. The highest BCUT2D eigenvalue weighted by Crippen LogP contribution is 2.42. The summed E-state index contributed by atoms with van der Waals surface area (Å²) in [4.78, 5) is 22.9. The number of phenols is 1. The number of hydrogen-bond acceptors (Lipinski definition) is 5. The summed E-state index contributed by atoms with van der Waals surface area (Å²) in [6.45, 7) is 2.19. The molecule has 2 amide bonds. The van der Waals surface area contributed by atoms with Crippen molar-refractivity contribution in [1.29, 1.82) is 0 Å². The summed E-state index contributed by atoms with van der Waals surface area (Å²) in [5.74, 6) is -0.282. The number of thioether (sulfide) groups is 1. The number of carbonyl (C=O) groups is 2. The highest BCUT2D eigenvalue weighted by Gasteiger charge is 2.26. The van der Waals surface area contributed by atoms with E-state index in [0.717, 1.165) is 11.8 Å². The van der Waals surface area contributed by atoms with Crippen molar-refractivity contribution in [3.05, 3.63) is 25.5 Å². The molecular weight excluding hydrogens is 414 g/mol. The van der Waals surface area contributed by atoms with E-state index in [4.69, 9.17) is 4.74 Å². The zero-order valence-corrected chi connectivity index (χ0v) is 14.2. The molecule has 5 nitrogen and oxygen atoms in total. The molecule has 0 unspecified atom stereocenters. The van der Waals surface area contributed by atoms with Gasteiger partial charge in [-0.3, -0.25) is 14.9 Å². The fourth-order valence-corrected chi connectivity index (χ4v) is 3.06. The Labute approximate surface area is 136 Å². The number of aromatic hydroxyl groups is 1. The molecule has 2 rings (SSSR count). The second-order valence-corrected chi connectivity index (χ2v) is 6.38. The quantitative estimate of drug-likeness (QED) is 0.727. The lowest BCUT2D eigenvalue weighted by Crippen LogP contribution is -2.17. The van der Waals surface area contributed by atoms with Gasteiger partial charge in [-0.25, -0.2) is 0 Å². The van der Waals surface area contributed by atoms with Crippen LogP contribution in [-0.4, -0.2) is 22.9 Å². The van der Waals surface area contributed by atoms with Gasteiger partial charge in [0.2, 0.25) is 0 Å². The average molecular weight is 423 g/mol. The molecular formula is C12H9Br2NO4S. The topological polar surface area (TPSA) is 75.6 Å². The first-order valence-corrected chi connectivity index (χ1v) is 7.93. The third-order valence-corrected chi connectivity index (χ3v) is 5.23. The first-order chi connectivity index (χ1) is 9.43. The lowest BCUT2D eigenvalue weighted by molar-refractivity contribution is -0.115. The van der Waals surface area contributed by atoms with Gasteiger partial charge in [0.15, 0.2) is 11.5 Å². The molecule has 0 bridgehead atoms. The molecule has 1 fully saturated rings. The number of ether oxygens (including phenoxy) is 1. The molecule has 0 aliphatic carbocycles. The Morgan fingerprint density at radius 1 is 1.45 bits per heavy atom. The van der Waals surface area contributed by atoms with Crippen LogP contribution in [0.2, 0.25) is 0 Å². The average Bonchev–Trinajstić information content (AvgIpc) is 2.70. The molecule has 1 heterocycles. The van der Waals surface area contributed by atoms with Crippen molar-refractivity contribution in [2.75, 3.05) is 6.61 Å². The van der Waals surface area contributed by atoms with Crippen molar-refractivity contribution in [2.45, 2.75) is 6.92 Å². The van der Waals surface area contributed by atoms with Crippen LogP contribution in [0.1, 0.15) is 12.5 Å². The van der Waals surface area contributed by atoms with Crippen LogP contribution in [0.25, 0.3) is 6.08 Å². The van der Waals surface area contributed by atoms with E-state index in [1.54, 1.807) is 13.0 Å². The molecule has 8 heteroatoms. The smallest absolute Gasteiger partial charge is 0.290 e. The Hall–Kier alpha value is -0.990. The predicted octanol–water partition coefficient (Wildman–Crippen LogP) is 3.64. The number of rotatable bonds is 3.